The second kappa shape index (κ2) is 7.86. The Morgan fingerprint density at radius 2 is 1.96 bits per heavy atom. The molecule has 1 heterocycles. The summed E-state index contributed by atoms with van der Waals surface area (Å²) in [6, 6.07) is 13.5. The quantitative estimate of drug-likeness (QED) is 0.488. The smallest absolute Gasteiger partial charge is 0.283 e. The van der Waals surface area contributed by atoms with Crippen LogP contribution in [0.4, 0.5) is 13.2 Å². The maximum atomic E-state index is 13.7. The molecule has 2 aromatic carbocycles. The van der Waals surface area contributed by atoms with E-state index in [1.807, 2.05) is 0 Å². The Morgan fingerprint density at radius 3 is 2.67 bits per heavy atom. The van der Waals surface area contributed by atoms with Crippen molar-refractivity contribution in [2.75, 3.05) is 7.05 Å². The highest BCUT2D eigenvalue weighted by Crippen LogP contribution is 2.25. The summed E-state index contributed by atoms with van der Waals surface area (Å²) in [6.45, 7) is 0. The molecule has 138 valence electrons. The van der Waals surface area contributed by atoms with Crippen molar-refractivity contribution in [3.05, 3.63) is 77.2 Å². The number of carbonyl (C=O) groups excluding carboxylic acids is 1. The van der Waals surface area contributed by atoms with Crippen molar-refractivity contribution in [2.24, 2.45) is 5.10 Å². The third kappa shape index (κ3) is 4.22. The first kappa shape index (κ1) is 18.4. The molecule has 0 aliphatic rings. The van der Waals surface area contributed by atoms with Gasteiger partial charge in [0, 0.05) is 18.7 Å². The second-order valence-electron chi connectivity index (χ2n) is 5.60. The van der Waals surface area contributed by atoms with E-state index in [9.17, 15) is 18.0 Å². The Bertz CT molecular complexity index is 986. The topological polar surface area (TPSA) is 58.7 Å². The van der Waals surface area contributed by atoms with E-state index in [0.717, 1.165) is 11.1 Å². The number of benzene rings is 2. The molecule has 3 rings (SSSR count). The van der Waals surface area contributed by atoms with E-state index in [0.29, 0.717) is 11.1 Å². The van der Waals surface area contributed by atoms with Crippen molar-refractivity contribution in [1.82, 2.24) is 10.2 Å². The highest BCUT2D eigenvalue weighted by Gasteiger charge is 2.16. The van der Waals surface area contributed by atoms with E-state index < -0.39 is 23.8 Å². The lowest BCUT2D eigenvalue weighted by molar-refractivity contribution is 0.0795. The number of rotatable bonds is 5. The zero-order valence-corrected chi connectivity index (χ0v) is 14.1. The number of hydrogen-bond acceptors (Lipinski definition) is 4. The monoisotopic (exact) mass is 373 g/mol. The summed E-state index contributed by atoms with van der Waals surface area (Å²) < 4.78 is 43.9. The van der Waals surface area contributed by atoms with Crippen LogP contribution in [0.5, 0.6) is 0 Å². The largest absolute Gasteiger partial charge is 0.356 e. The lowest BCUT2D eigenvalue weighted by Gasteiger charge is -2.11. The lowest BCUT2D eigenvalue weighted by Crippen LogP contribution is -2.22. The van der Waals surface area contributed by atoms with Crippen LogP contribution in [0.3, 0.4) is 0 Å². The molecule has 0 bridgehead atoms. The van der Waals surface area contributed by atoms with Crippen LogP contribution in [0.25, 0.3) is 11.3 Å². The molecule has 0 atom stereocenters. The van der Waals surface area contributed by atoms with Gasteiger partial charge < -0.3 is 4.52 Å². The number of amides is 1. The standard InChI is InChI=1S/C19H14F3N3O2/c1-25(19(26)14-7-2-3-8-15(14)20)23-11-12-5-4-6-13(9-12)17-10-16(18(21)22)24-27-17/h2-11,18H,1H3/b23-11+. The number of carbonyl (C=O) groups is 1. The van der Waals surface area contributed by atoms with Crippen LogP contribution in [0.1, 0.15) is 28.0 Å². The second-order valence-corrected chi connectivity index (χ2v) is 5.60. The Balaban J connectivity index is 1.77. The number of hydrazone groups is 1. The minimum absolute atomic E-state index is 0.0907. The lowest BCUT2D eigenvalue weighted by atomic mass is 10.1. The van der Waals surface area contributed by atoms with Gasteiger partial charge in [-0.1, -0.05) is 35.5 Å². The fraction of sp³-hybridized carbons (Fsp3) is 0.105. The maximum absolute atomic E-state index is 13.7. The Morgan fingerprint density at radius 1 is 1.19 bits per heavy atom. The van der Waals surface area contributed by atoms with Gasteiger partial charge >= 0.3 is 0 Å². The summed E-state index contributed by atoms with van der Waals surface area (Å²) in [5, 5.41) is 8.33. The third-order valence-electron chi connectivity index (χ3n) is 3.70. The molecule has 0 N–H and O–H groups in total. The number of halogens is 3. The molecule has 0 radical (unpaired) electrons. The van der Waals surface area contributed by atoms with Crippen LogP contribution >= 0.6 is 0 Å². The van der Waals surface area contributed by atoms with Gasteiger partial charge in [-0.15, -0.1) is 0 Å². The molecular weight excluding hydrogens is 359 g/mol. The molecule has 0 saturated heterocycles. The molecular formula is C19H14F3N3O2. The molecule has 0 saturated carbocycles. The van der Waals surface area contributed by atoms with E-state index in [-0.39, 0.29) is 11.3 Å². The molecule has 27 heavy (non-hydrogen) atoms. The van der Waals surface area contributed by atoms with E-state index in [4.69, 9.17) is 4.52 Å². The predicted octanol–water partition coefficient (Wildman–Crippen LogP) is 4.52. The molecule has 1 amide bonds. The maximum Gasteiger partial charge on any atom is 0.283 e. The average Bonchev–Trinajstić information content (AvgIpc) is 3.17. The van der Waals surface area contributed by atoms with Crippen molar-refractivity contribution in [1.29, 1.82) is 0 Å². The van der Waals surface area contributed by atoms with Crippen molar-refractivity contribution in [3.63, 3.8) is 0 Å². The number of hydrogen-bond donors (Lipinski definition) is 0. The summed E-state index contributed by atoms with van der Waals surface area (Å²) >= 11 is 0. The van der Waals surface area contributed by atoms with E-state index in [2.05, 4.69) is 10.3 Å². The first-order chi connectivity index (χ1) is 13.0. The minimum Gasteiger partial charge on any atom is -0.356 e. The Hall–Kier alpha value is -3.42. The Labute approximate surface area is 152 Å². The highest BCUT2D eigenvalue weighted by atomic mass is 19.3. The normalized spacial score (nSPS) is 11.3. The van der Waals surface area contributed by atoms with Crippen LogP contribution in [-0.4, -0.2) is 29.3 Å². The van der Waals surface area contributed by atoms with Crippen molar-refractivity contribution in [3.8, 4) is 11.3 Å². The number of aromatic nitrogens is 1. The first-order valence-corrected chi connectivity index (χ1v) is 7.87. The summed E-state index contributed by atoms with van der Waals surface area (Å²) in [4.78, 5) is 12.2. The van der Waals surface area contributed by atoms with E-state index in [1.165, 1.54) is 31.5 Å². The molecule has 0 fully saturated rings. The van der Waals surface area contributed by atoms with Crippen LogP contribution in [0.15, 0.2) is 64.2 Å². The van der Waals surface area contributed by atoms with Crippen molar-refractivity contribution in [2.45, 2.75) is 6.43 Å². The van der Waals surface area contributed by atoms with Gasteiger partial charge in [-0.2, -0.15) is 5.10 Å². The van der Waals surface area contributed by atoms with Crippen LogP contribution in [-0.2, 0) is 0 Å². The van der Waals surface area contributed by atoms with Gasteiger partial charge in [-0.25, -0.2) is 18.2 Å². The third-order valence-corrected chi connectivity index (χ3v) is 3.70. The van der Waals surface area contributed by atoms with E-state index in [1.54, 1.807) is 30.3 Å². The zero-order valence-electron chi connectivity index (χ0n) is 14.1. The molecule has 0 spiro atoms. The molecule has 0 unspecified atom stereocenters. The molecule has 8 heteroatoms. The van der Waals surface area contributed by atoms with Gasteiger partial charge in [-0.3, -0.25) is 4.79 Å². The molecule has 1 aromatic heterocycles. The summed E-state index contributed by atoms with van der Waals surface area (Å²) in [6.07, 6.45) is -1.32. The first-order valence-electron chi connectivity index (χ1n) is 7.87. The van der Waals surface area contributed by atoms with Gasteiger partial charge in [0.2, 0.25) is 0 Å². The summed E-state index contributed by atoms with van der Waals surface area (Å²) in [7, 11) is 1.40. The fourth-order valence-electron chi connectivity index (χ4n) is 2.31. The molecule has 0 aliphatic carbocycles. The number of alkyl halides is 2. The molecule has 5 nitrogen and oxygen atoms in total. The van der Waals surface area contributed by atoms with Gasteiger partial charge in [-0.05, 0) is 23.8 Å². The fourth-order valence-corrected chi connectivity index (χ4v) is 2.31. The summed E-state index contributed by atoms with van der Waals surface area (Å²) in [5.74, 6) is -1.04. The number of nitrogens with zero attached hydrogens (tertiary/aromatic N) is 3. The SMILES string of the molecule is CN(/N=C/c1cccc(-c2cc(C(F)F)no2)c1)C(=O)c1ccccc1F. The zero-order chi connectivity index (χ0) is 19.4. The van der Waals surface area contributed by atoms with Crippen LogP contribution in [0.2, 0.25) is 0 Å². The highest BCUT2D eigenvalue weighted by molar-refractivity contribution is 5.95. The van der Waals surface area contributed by atoms with Crippen LogP contribution < -0.4 is 0 Å². The summed E-state index contributed by atoms with van der Waals surface area (Å²) in [5.41, 5.74) is 0.587. The minimum atomic E-state index is -2.72. The molecule has 3 aromatic rings. The average molecular weight is 373 g/mol. The van der Waals surface area contributed by atoms with E-state index >= 15 is 0 Å². The van der Waals surface area contributed by atoms with Gasteiger partial charge in [0.05, 0.1) is 11.8 Å². The van der Waals surface area contributed by atoms with Crippen LogP contribution in [0, 0.1) is 5.82 Å². The van der Waals surface area contributed by atoms with Crippen molar-refractivity contribution >= 4 is 12.1 Å². The molecule has 0 aliphatic heterocycles. The van der Waals surface area contributed by atoms with Crippen molar-refractivity contribution < 1.29 is 22.5 Å². The predicted molar refractivity (Wildman–Crippen MR) is 93.0 cm³/mol. The van der Waals surface area contributed by atoms with Gasteiger partial charge in [0.25, 0.3) is 12.3 Å². The van der Waals surface area contributed by atoms with Gasteiger partial charge in [0.1, 0.15) is 11.5 Å². The van der Waals surface area contributed by atoms with Gasteiger partial charge in [0.15, 0.2) is 5.76 Å². The Kier molecular flexibility index (Phi) is 5.35.